The van der Waals surface area contributed by atoms with Gasteiger partial charge < -0.3 is 4.74 Å². The molecule has 0 aromatic heterocycles. The van der Waals surface area contributed by atoms with Crippen molar-refractivity contribution in [2.45, 2.75) is 51.5 Å². The van der Waals surface area contributed by atoms with Crippen molar-refractivity contribution < 1.29 is 34.7 Å². The van der Waals surface area contributed by atoms with Gasteiger partial charge in [-0.3, -0.25) is 13.3 Å². The number of amides is 1. The predicted octanol–water partition coefficient (Wildman–Crippen LogP) is 0.315. The van der Waals surface area contributed by atoms with Gasteiger partial charge in [0, 0.05) is 0 Å². The van der Waals surface area contributed by atoms with Crippen molar-refractivity contribution >= 4 is 26.3 Å². The van der Waals surface area contributed by atoms with Gasteiger partial charge in [0.15, 0.2) is 0 Å². The first kappa shape index (κ1) is 20.1. The monoisotopic (exact) mass is 373 g/mol. The third kappa shape index (κ3) is 6.61. The van der Waals surface area contributed by atoms with Crippen LogP contribution in [0.1, 0.15) is 27.7 Å². The van der Waals surface area contributed by atoms with Crippen molar-refractivity contribution in [3.05, 3.63) is 0 Å². The van der Waals surface area contributed by atoms with Gasteiger partial charge >= 0.3 is 6.09 Å². The van der Waals surface area contributed by atoms with Gasteiger partial charge in [0.05, 0.1) is 25.1 Å². The second kappa shape index (κ2) is 6.54. The molecular formula is C12H23NO8S2. The molecule has 1 amide bonds. The van der Waals surface area contributed by atoms with Crippen LogP contribution in [0, 0.1) is 0 Å². The maximum Gasteiger partial charge on any atom is 0.410 e. The van der Waals surface area contributed by atoms with E-state index in [1.54, 1.807) is 20.8 Å². The number of hydrogen-bond acceptors (Lipinski definition) is 8. The van der Waals surface area contributed by atoms with Gasteiger partial charge in [-0.15, -0.1) is 0 Å². The molecule has 0 saturated carbocycles. The number of carbonyl (C=O) groups is 1. The van der Waals surface area contributed by atoms with Gasteiger partial charge in [0.25, 0.3) is 20.2 Å². The van der Waals surface area contributed by atoms with E-state index < -0.39 is 50.2 Å². The van der Waals surface area contributed by atoms with E-state index in [1.807, 2.05) is 0 Å². The first-order valence-electron chi connectivity index (χ1n) is 6.85. The molecule has 1 unspecified atom stereocenters. The molecule has 0 bridgehead atoms. The Hall–Kier alpha value is -0.910. The van der Waals surface area contributed by atoms with Crippen molar-refractivity contribution in [2.75, 3.05) is 19.1 Å². The van der Waals surface area contributed by atoms with Crippen LogP contribution in [-0.2, 0) is 33.3 Å². The Balaban J connectivity index is 3.03. The first-order valence-corrected chi connectivity index (χ1v) is 10.5. The number of nitrogens with zero attached hydrogens (tertiary/aromatic N) is 1. The molecule has 1 aliphatic heterocycles. The lowest BCUT2D eigenvalue weighted by Gasteiger charge is -2.27. The summed E-state index contributed by atoms with van der Waals surface area (Å²) in [5, 5.41) is 0. The molecule has 3 atom stereocenters. The highest BCUT2D eigenvalue weighted by Crippen LogP contribution is 2.27. The number of rotatable bonds is 4. The second-order valence-corrected chi connectivity index (χ2v) is 9.68. The van der Waals surface area contributed by atoms with Crippen LogP contribution < -0.4 is 0 Å². The van der Waals surface area contributed by atoms with Crippen LogP contribution >= 0.6 is 0 Å². The van der Waals surface area contributed by atoms with Crippen LogP contribution in [0.4, 0.5) is 4.79 Å². The van der Waals surface area contributed by atoms with E-state index in [0.717, 1.165) is 12.5 Å². The lowest BCUT2D eigenvalue weighted by atomic mass is 10.2. The lowest BCUT2D eigenvalue weighted by Crippen LogP contribution is -2.42. The smallest absolute Gasteiger partial charge is 0.410 e. The van der Waals surface area contributed by atoms with Gasteiger partial charge in [0.2, 0.25) is 0 Å². The number of hydrogen-bond donors (Lipinski definition) is 0. The normalized spacial score (nSPS) is 26.3. The van der Waals surface area contributed by atoms with Crippen LogP contribution in [0.3, 0.4) is 0 Å². The second-order valence-electron chi connectivity index (χ2n) is 6.48. The molecule has 1 aliphatic rings. The topological polar surface area (TPSA) is 116 Å². The van der Waals surface area contributed by atoms with Crippen LogP contribution in [0.15, 0.2) is 0 Å². The summed E-state index contributed by atoms with van der Waals surface area (Å²) in [7, 11) is -7.72. The molecule has 0 aromatic carbocycles. The summed E-state index contributed by atoms with van der Waals surface area (Å²) in [4.78, 5) is 13.4. The predicted molar refractivity (Wildman–Crippen MR) is 81.8 cm³/mol. The standard InChI is InChI=1S/C12H23NO8S2/c1-8-10(21-23(6,17)18)9(20-22(5,15)16)7-13(8)11(14)19-12(2,3)4/h8-10H,7H2,1-6H3/t8?,9-,10+/m1/s1. The van der Waals surface area contributed by atoms with E-state index in [-0.39, 0.29) is 6.54 Å². The van der Waals surface area contributed by atoms with Crippen molar-refractivity contribution in [1.29, 1.82) is 0 Å². The minimum absolute atomic E-state index is 0.163. The minimum atomic E-state index is -3.87. The third-order valence-electron chi connectivity index (χ3n) is 2.92. The summed E-state index contributed by atoms with van der Waals surface area (Å²) >= 11 is 0. The van der Waals surface area contributed by atoms with Crippen LogP contribution in [0.2, 0.25) is 0 Å². The molecule has 1 saturated heterocycles. The zero-order valence-electron chi connectivity index (χ0n) is 14.0. The van der Waals surface area contributed by atoms with Crippen LogP contribution in [-0.4, -0.2) is 70.7 Å². The zero-order valence-corrected chi connectivity index (χ0v) is 15.6. The van der Waals surface area contributed by atoms with Gasteiger partial charge in [0.1, 0.15) is 17.8 Å². The van der Waals surface area contributed by atoms with Gasteiger partial charge in [-0.25, -0.2) is 4.79 Å². The molecule has 1 heterocycles. The number of carbonyl (C=O) groups excluding carboxylic acids is 1. The molecule has 9 nitrogen and oxygen atoms in total. The molecule has 0 radical (unpaired) electrons. The van der Waals surface area contributed by atoms with Crippen LogP contribution in [0.5, 0.6) is 0 Å². The Kier molecular flexibility index (Phi) is 5.72. The van der Waals surface area contributed by atoms with E-state index in [1.165, 1.54) is 11.8 Å². The largest absolute Gasteiger partial charge is 0.444 e. The third-order valence-corrected chi connectivity index (χ3v) is 4.09. The Morgan fingerprint density at radius 3 is 1.91 bits per heavy atom. The van der Waals surface area contributed by atoms with E-state index in [0.29, 0.717) is 0 Å². The summed E-state index contributed by atoms with van der Waals surface area (Å²) in [5.41, 5.74) is -0.750. The highest BCUT2D eigenvalue weighted by atomic mass is 32.2. The average molecular weight is 373 g/mol. The van der Waals surface area contributed by atoms with Gasteiger partial charge in [-0.1, -0.05) is 0 Å². The molecule has 0 aliphatic carbocycles. The molecule has 136 valence electrons. The van der Waals surface area contributed by atoms with Crippen LogP contribution in [0.25, 0.3) is 0 Å². The molecular weight excluding hydrogens is 350 g/mol. The van der Waals surface area contributed by atoms with Crippen molar-refractivity contribution in [3.8, 4) is 0 Å². The molecule has 11 heteroatoms. The molecule has 23 heavy (non-hydrogen) atoms. The van der Waals surface area contributed by atoms with Crippen molar-refractivity contribution in [1.82, 2.24) is 4.90 Å². The van der Waals surface area contributed by atoms with E-state index >= 15 is 0 Å². The molecule has 1 fully saturated rings. The summed E-state index contributed by atoms with van der Waals surface area (Å²) in [6.45, 7) is 6.41. The zero-order chi connectivity index (χ0) is 18.2. The molecule has 0 spiro atoms. The summed E-state index contributed by atoms with van der Waals surface area (Å²) in [5.74, 6) is 0. The molecule has 0 N–H and O–H groups in total. The SMILES string of the molecule is CC1[C@H](OS(C)(=O)=O)[C@H](OS(C)(=O)=O)CN1C(=O)OC(C)(C)C. The Morgan fingerprint density at radius 2 is 1.52 bits per heavy atom. The number of likely N-dealkylation sites (tertiary alicyclic amines) is 1. The number of ether oxygens (including phenoxy) is 1. The maximum atomic E-state index is 12.2. The van der Waals surface area contributed by atoms with Crippen molar-refractivity contribution in [2.24, 2.45) is 0 Å². The summed E-state index contributed by atoms with van der Waals surface area (Å²) in [6.07, 6.45) is -1.31. The van der Waals surface area contributed by atoms with E-state index in [9.17, 15) is 21.6 Å². The Bertz CT molecular complexity index is 649. The van der Waals surface area contributed by atoms with E-state index in [2.05, 4.69) is 0 Å². The Labute approximate surface area is 137 Å². The fraction of sp³-hybridized carbons (Fsp3) is 0.917. The highest BCUT2D eigenvalue weighted by Gasteiger charge is 2.47. The van der Waals surface area contributed by atoms with Gasteiger partial charge in [-0.2, -0.15) is 16.8 Å². The van der Waals surface area contributed by atoms with E-state index in [4.69, 9.17) is 13.1 Å². The van der Waals surface area contributed by atoms with Gasteiger partial charge in [-0.05, 0) is 27.7 Å². The maximum absolute atomic E-state index is 12.2. The fourth-order valence-electron chi connectivity index (χ4n) is 2.17. The Morgan fingerprint density at radius 1 is 1.04 bits per heavy atom. The van der Waals surface area contributed by atoms with Crippen molar-refractivity contribution in [3.63, 3.8) is 0 Å². The first-order chi connectivity index (χ1) is 10.1. The highest BCUT2D eigenvalue weighted by molar-refractivity contribution is 7.86. The average Bonchev–Trinajstić information content (AvgIpc) is 2.51. The quantitative estimate of drug-likeness (QED) is 0.647. The molecule has 1 rings (SSSR count). The summed E-state index contributed by atoms with van der Waals surface area (Å²) in [6, 6.07) is -0.744. The minimum Gasteiger partial charge on any atom is -0.444 e. The molecule has 0 aromatic rings. The fourth-order valence-corrected chi connectivity index (χ4v) is 3.48. The summed E-state index contributed by atoms with van der Waals surface area (Å²) < 4.78 is 60.5. The lowest BCUT2D eigenvalue weighted by molar-refractivity contribution is 0.0194.